The van der Waals surface area contributed by atoms with Crippen LogP contribution in [0, 0.1) is 0 Å². The van der Waals surface area contributed by atoms with Crippen LogP contribution in [0.3, 0.4) is 0 Å². The molecule has 0 bridgehead atoms. The zero-order chi connectivity index (χ0) is 18.1. The monoisotopic (exact) mass is 400 g/mol. The molecule has 0 spiro atoms. The van der Waals surface area contributed by atoms with Crippen LogP contribution in [0.15, 0.2) is 71.1 Å². The van der Waals surface area contributed by atoms with Crippen molar-refractivity contribution < 1.29 is 4.79 Å². The van der Waals surface area contributed by atoms with Crippen molar-refractivity contribution in [2.45, 2.75) is 12.5 Å². The highest BCUT2D eigenvalue weighted by Crippen LogP contribution is 2.35. The molecule has 4 rings (SSSR count). The predicted octanol–water partition coefficient (Wildman–Crippen LogP) is 6.05. The molecule has 26 heavy (non-hydrogen) atoms. The van der Waals surface area contributed by atoms with Crippen LogP contribution in [-0.2, 0) is 0 Å². The molecule has 130 valence electrons. The van der Waals surface area contributed by atoms with Crippen LogP contribution in [0.1, 0.15) is 33.3 Å². The molecule has 0 fully saturated rings. The van der Waals surface area contributed by atoms with E-state index in [1.165, 1.54) is 0 Å². The Morgan fingerprint density at radius 2 is 1.65 bits per heavy atom. The lowest BCUT2D eigenvalue weighted by Crippen LogP contribution is -2.27. The van der Waals surface area contributed by atoms with E-state index in [2.05, 4.69) is 5.10 Å². The van der Waals surface area contributed by atoms with E-state index >= 15 is 0 Å². The molecule has 1 amide bonds. The molecule has 3 nitrogen and oxygen atoms in total. The maximum absolute atomic E-state index is 13.1. The van der Waals surface area contributed by atoms with Gasteiger partial charge in [0, 0.05) is 22.0 Å². The first kappa shape index (κ1) is 17.3. The lowest BCUT2D eigenvalue weighted by atomic mass is 10.0. The number of rotatable bonds is 3. The number of hydrogen-bond acceptors (Lipinski definition) is 3. The average molecular weight is 401 g/mol. The van der Waals surface area contributed by atoms with Gasteiger partial charge in [0.1, 0.15) is 0 Å². The SMILES string of the molecule is O=C(c1ccc(Cl)cc1)N1N=C(c2cccs2)CC1c1ccc(Cl)cc1. The summed E-state index contributed by atoms with van der Waals surface area (Å²) in [4.78, 5) is 14.2. The van der Waals surface area contributed by atoms with E-state index in [1.54, 1.807) is 40.6 Å². The Morgan fingerprint density at radius 3 is 2.27 bits per heavy atom. The average Bonchev–Trinajstić information content (AvgIpc) is 3.32. The fourth-order valence-corrected chi connectivity index (χ4v) is 3.93. The highest BCUT2D eigenvalue weighted by molar-refractivity contribution is 7.12. The zero-order valence-electron chi connectivity index (χ0n) is 13.6. The van der Waals surface area contributed by atoms with Gasteiger partial charge in [0.15, 0.2) is 0 Å². The van der Waals surface area contributed by atoms with E-state index in [0.717, 1.165) is 16.2 Å². The highest BCUT2D eigenvalue weighted by atomic mass is 35.5. The summed E-state index contributed by atoms with van der Waals surface area (Å²) in [6.45, 7) is 0. The van der Waals surface area contributed by atoms with Crippen molar-refractivity contribution in [1.82, 2.24) is 5.01 Å². The second-order valence-corrected chi connectivity index (χ2v) is 7.77. The second-order valence-electron chi connectivity index (χ2n) is 5.95. The standard InChI is InChI=1S/C20H14Cl2N2OS/c21-15-7-3-13(4-8-15)18-12-17(19-2-1-11-26-19)23-24(18)20(25)14-5-9-16(22)10-6-14/h1-11,18H,12H2. The van der Waals surface area contributed by atoms with Crippen LogP contribution in [-0.4, -0.2) is 16.6 Å². The number of benzene rings is 2. The molecule has 0 aliphatic carbocycles. The molecule has 6 heteroatoms. The minimum atomic E-state index is -0.160. The van der Waals surface area contributed by atoms with Crippen LogP contribution in [0.2, 0.25) is 10.0 Å². The van der Waals surface area contributed by atoms with Gasteiger partial charge < -0.3 is 0 Å². The molecule has 1 atom stereocenters. The van der Waals surface area contributed by atoms with Gasteiger partial charge in [-0.2, -0.15) is 5.10 Å². The quantitative estimate of drug-likeness (QED) is 0.526. The molecule has 0 radical (unpaired) electrons. The molecule has 2 aromatic carbocycles. The number of hydrazone groups is 1. The van der Waals surface area contributed by atoms with Gasteiger partial charge in [-0.3, -0.25) is 4.79 Å². The maximum atomic E-state index is 13.1. The van der Waals surface area contributed by atoms with Crippen LogP contribution in [0.25, 0.3) is 0 Å². The third-order valence-corrected chi connectivity index (χ3v) is 5.69. The van der Waals surface area contributed by atoms with Gasteiger partial charge in [-0.25, -0.2) is 5.01 Å². The lowest BCUT2D eigenvalue weighted by molar-refractivity contribution is 0.0711. The molecule has 1 aliphatic rings. The van der Waals surface area contributed by atoms with Crippen LogP contribution < -0.4 is 0 Å². The molecule has 0 saturated carbocycles. The van der Waals surface area contributed by atoms with Crippen molar-refractivity contribution in [2.24, 2.45) is 5.10 Å². The van der Waals surface area contributed by atoms with E-state index in [9.17, 15) is 4.79 Å². The highest BCUT2D eigenvalue weighted by Gasteiger charge is 2.33. The molecule has 1 unspecified atom stereocenters. The number of amides is 1. The molecule has 2 heterocycles. The summed E-state index contributed by atoms with van der Waals surface area (Å²) in [5.74, 6) is -0.145. The minimum absolute atomic E-state index is 0.145. The fraction of sp³-hybridized carbons (Fsp3) is 0.100. The van der Waals surface area contributed by atoms with Crippen LogP contribution in [0.5, 0.6) is 0 Å². The van der Waals surface area contributed by atoms with Gasteiger partial charge >= 0.3 is 0 Å². The number of carbonyl (C=O) groups excluding carboxylic acids is 1. The minimum Gasteiger partial charge on any atom is -0.267 e. The van der Waals surface area contributed by atoms with E-state index in [4.69, 9.17) is 23.2 Å². The second kappa shape index (κ2) is 7.23. The van der Waals surface area contributed by atoms with Crippen molar-refractivity contribution in [3.05, 3.63) is 92.1 Å². The number of carbonyl (C=O) groups is 1. The van der Waals surface area contributed by atoms with Crippen molar-refractivity contribution in [1.29, 1.82) is 0 Å². The Bertz CT molecular complexity index is 950. The third-order valence-electron chi connectivity index (χ3n) is 4.27. The van der Waals surface area contributed by atoms with Crippen molar-refractivity contribution in [2.75, 3.05) is 0 Å². The summed E-state index contributed by atoms with van der Waals surface area (Å²) in [5.41, 5.74) is 2.49. The van der Waals surface area contributed by atoms with Crippen molar-refractivity contribution in [3.63, 3.8) is 0 Å². The smallest absolute Gasteiger partial charge is 0.267 e. The van der Waals surface area contributed by atoms with Crippen molar-refractivity contribution >= 4 is 46.2 Å². The number of halogens is 2. The van der Waals surface area contributed by atoms with Crippen molar-refractivity contribution in [3.8, 4) is 0 Å². The van der Waals surface area contributed by atoms with Gasteiger partial charge in [-0.05, 0) is 53.4 Å². The number of nitrogens with zero attached hydrogens (tertiary/aromatic N) is 2. The summed E-state index contributed by atoms with van der Waals surface area (Å²) in [6, 6.07) is 18.3. The Morgan fingerprint density at radius 1 is 1.00 bits per heavy atom. The lowest BCUT2D eigenvalue weighted by Gasteiger charge is -2.22. The first-order valence-corrected chi connectivity index (χ1v) is 9.71. The summed E-state index contributed by atoms with van der Waals surface area (Å²) < 4.78 is 0. The predicted molar refractivity (Wildman–Crippen MR) is 107 cm³/mol. The number of thiophene rings is 1. The molecule has 0 N–H and O–H groups in total. The van der Waals surface area contributed by atoms with Gasteiger partial charge in [0.05, 0.1) is 16.6 Å². The van der Waals surface area contributed by atoms with Crippen LogP contribution in [0.4, 0.5) is 0 Å². The maximum Gasteiger partial charge on any atom is 0.274 e. The van der Waals surface area contributed by atoms with Crippen LogP contribution >= 0.6 is 34.5 Å². The summed E-state index contributed by atoms with van der Waals surface area (Å²) in [7, 11) is 0. The summed E-state index contributed by atoms with van der Waals surface area (Å²) in [5, 5.41) is 9.50. The zero-order valence-corrected chi connectivity index (χ0v) is 15.9. The fourth-order valence-electron chi connectivity index (χ4n) is 2.96. The first-order chi connectivity index (χ1) is 12.6. The van der Waals surface area contributed by atoms with Gasteiger partial charge in [-0.15, -0.1) is 11.3 Å². The largest absolute Gasteiger partial charge is 0.274 e. The Balaban J connectivity index is 1.71. The molecule has 3 aromatic rings. The van der Waals surface area contributed by atoms with E-state index < -0.39 is 0 Å². The molecular weight excluding hydrogens is 387 g/mol. The molecule has 0 saturated heterocycles. The Labute approximate surface area is 165 Å². The molecule has 1 aliphatic heterocycles. The van der Waals surface area contributed by atoms with E-state index in [-0.39, 0.29) is 11.9 Å². The van der Waals surface area contributed by atoms with Gasteiger partial charge in [-0.1, -0.05) is 41.4 Å². The third kappa shape index (κ3) is 3.40. The molecular formula is C20H14Cl2N2OS. The normalized spacial score (nSPS) is 16.6. The first-order valence-electron chi connectivity index (χ1n) is 8.08. The van der Waals surface area contributed by atoms with E-state index in [0.29, 0.717) is 22.0 Å². The van der Waals surface area contributed by atoms with E-state index in [1.807, 2.05) is 41.8 Å². The molecule has 1 aromatic heterocycles. The van der Waals surface area contributed by atoms with Gasteiger partial charge in [0.25, 0.3) is 5.91 Å². The number of hydrogen-bond donors (Lipinski definition) is 0. The summed E-state index contributed by atoms with van der Waals surface area (Å²) in [6.07, 6.45) is 0.668. The summed E-state index contributed by atoms with van der Waals surface area (Å²) >= 11 is 13.6. The Hall–Kier alpha value is -2.14. The topological polar surface area (TPSA) is 32.7 Å². The Kier molecular flexibility index (Phi) is 4.81. The van der Waals surface area contributed by atoms with Gasteiger partial charge in [0.2, 0.25) is 0 Å².